The van der Waals surface area contributed by atoms with E-state index in [1.807, 2.05) is 44.2 Å². The lowest BCUT2D eigenvalue weighted by Crippen LogP contribution is -2.41. The van der Waals surface area contributed by atoms with Crippen molar-refractivity contribution in [1.29, 1.82) is 0 Å². The van der Waals surface area contributed by atoms with Crippen LogP contribution in [0.4, 0.5) is 4.79 Å². The molecule has 0 aromatic heterocycles. The van der Waals surface area contributed by atoms with E-state index in [1.165, 1.54) is 12.0 Å². The van der Waals surface area contributed by atoms with Crippen molar-refractivity contribution in [2.45, 2.75) is 39.2 Å². The van der Waals surface area contributed by atoms with Crippen molar-refractivity contribution in [3.63, 3.8) is 0 Å². The first-order valence-electron chi connectivity index (χ1n) is 8.52. The summed E-state index contributed by atoms with van der Waals surface area (Å²) in [7, 11) is 1.33. The maximum Gasteiger partial charge on any atom is 0.416 e. The fourth-order valence-corrected chi connectivity index (χ4v) is 2.97. The fourth-order valence-electron chi connectivity index (χ4n) is 2.97. The molecule has 1 aliphatic rings. The van der Waals surface area contributed by atoms with Crippen LogP contribution in [0.1, 0.15) is 32.3 Å². The molecule has 0 spiro atoms. The van der Waals surface area contributed by atoms with Crippen molar-refractivity contribution in [3.05, 3.63) is 35.9 Å². The number of cyclic esters (lactones) is 1. The molecule has 1 heterocycles. The van der Waals surface area contributed by atoms with Gasteiger partial charge >= 0.3 is 12.1 Å². The molecule has 1 aromatic rings. The van der Waals surface area contributed by atoms with E-state index in [-0.39, 0.29) is 49.2 Å². The van der Waals surface area contributed by atoms with Gasteiger partial charge in [0.25, 0.3) is 0 Å². The van der Waals surface area contributed by atoms with Crippen LogP contribution in [0.15, 0.2) is 30.3 Å². The first-order chi connectivity index (χ1) is 11.9. The van der Waals surface area contributed by atoms with Gasteiger partial charge in [0.05, 0.1) is 13.2 Å². The number of rotatable bonds is 7. The van der Waals surface area contributed by atoms with E-state index in [2.05, 4.69) is 0 Å². The number of benzene rings is 1. The van der Waals surface area contributed by atoms with Crippen molar-refractivity contribution in [3.8, 4) is 0 Å². The Hall–Kier alpha value is -2.37. The minimum Gasteiger partial charge on any atom is -0.469 e. The molecule has 6 nitrogen and oxygen atoms in total. The number of nitrogens with zero attached hydrogens (tertiary/aromatic N) is 1. The molecule has 2 atom stereocenters. The van der Waals surface area contributed by atoms with Gasteiger partial charge in [0.1, 0.15) is 6.61 Å². The Morgan fingerprint density at radius 2 is 1.92 bits per heavy atom. The third-order valence-electron chi connectivity index (χ3n) is 4.58. The lowest BCUT2D eigenvalue weighted by Gasteiger charge is -2.24. The number of methoxy groups -OCH3 is 1. The minimum atomic E-state index is -0.605. The third-order valence-corrected chi connectivity index (χ3v) is 4.58. The van der Waals surface area contributed by atoms with Gasteiger partial charge in [0, 0.05) is 12.8 Å². The van der Waals surface area contributed by atoms with Crippen LogP contribution >= 0.6 is 0 Å². The molecule has 1 aliphatic heterocycles. The van der Waals surface area contributed by atoms with Crippen molar-refractivity contribution in [1.82, 2.24) is 4.90 Å². The average molecular weight is 347 g/mol. The first kappa shape index (κ1) is 19.0. The van der Waals surface area contributed by atoms with Gasteiger partial charge in [0.2, 0.25) is 5.91 Å². The van der Waals surface area contributed by atoms with Gasteiger partial charge in [-0.1, -0.05) is 44.2 Å². The van der Waals surface area contributed by atoms with Gasteiger partial charge < -0.3 is 9.47 Å². The summed E-state index contributed by atoms with van der Waals surface area (Å²) in [6, 6.07) is 9.37. The molecule has 6 heteroatoms. The largest absolute Gasteiger partial charge is 0.469 e. The molecule has 0 unspecified atom stereocenters. The summed E-state index contributed by atoms with van der Waals surface area (Å²) in [6.07, 6.45) is 0.229. The molecule has 136 valence electrons. The molecule has 25 heavy (non-hydrogen) atoms. The second-order valence-corrected chi connectivity index (χ2v) is 6.67. The Balaban J connectivity index is 2.06. The molecule has 2 rings (SSSR count). The predicted molar refractivity (Wildman–Crippen MR) is 91.7 cm³/mol. The summed E-state index contributed by atoms with van der Waals surface area (Å²) in [5, 5.41) is 0. The summed E-state index contributed by atoms with van der Waals surface area (Å²) in [5.74, 6) is -0.706. The minimum absolute atomic E-state index is 0.118. The molecule has 1 fully saturated rings. The number of hydrogen-bond donors (Lipinski definition) is 0. The highest BCUT2D eigenvalue weighted by Crippen LogP contribution is 2.25. The van der Waals surface area contributed by atoms with Crippen LogP contribution in [-0.2, 0) is 25.5 Å². The standard InChI is InChI=1S/C19H25NO5/c1-13(2)15(11-18(22)24-3)10-17(21)20-16(12-25-19(20)23)9-14-7-5-4-6-8-14/h4-8,13,15-16H,9-12H2,1-3H3/t15-,16-/m0/s1. The number of carbonyl (C=O) groups excluding carboxylic acids is 3. The summed E-state index contributed by atoms with van der Waals surface area (Å²) in [6.45, 7) is 4.10. The van der Waals surface area contributed by atoms with E-state index < -0.39 is 6.09 Å². The third kappa shape index (κ3) is 5.05. The molecule has 0 aliphatic carbocycles. The van der Waals surface area contributed by atoms with Crippen LogP contribution < -0.4 is 0 Å². The summed E-state index contributed by atoms with van der Waals surface area (Å²) >= 11 is 0. The maximum absolute atomic E-state index is 12.7. The molecule has 1 aromatic carbocycles. The number of hydrogen-bond acceptors (Lipinski definition) is 5. The summed E-state index contributed by atoms with van der Waals surface area (Å²) < 4.78 is 9.79. The predicted octanol–water partition coefficient (Wildman–Crippen LogP) is 2.80. The van der Waals surface area contributed by atoms with Crippen LogP contribution in [0.3, 0.4) is 0 Å². The molecule has 0 saturated carbocycles. The molecule has 0 N–H and O–H groups in total. The van der Waals surface area contributed by atoms with Crippen molar-refractivity contribution in [2.75, 3.05) is 13.7 Å². The van der Waals surface area contributed by atoms with Crippen LogP contribution in [0.2, 0.25) is 0 Å². The molecular weight excluding hydrogens is 322 g/mol. The van der Waals surface area contributed by atoms with E-state index in [1.54, 1.807) is 0 Å². The van der Waals surface area contributed by atoms with Crippen LogP contribution in [0.25, 0.3) is 0 Å². The Morgan fingerprint density at radius 1 is 1.24 bits per heavy atom. The topological polar surface area (TPSA) is 72.9 Å². The SMILES string of the molecule is COC(=O)C[C@H](CC(=O)N1C(=O)OC[C@@H]1Cc1ccccc1)C(C)C. The summed E-state index contributed by atoms with van der Waals surface area (Å²) in [4.78, 5) is 37.5. The Morgan fingerprint density at radius 3 is 2.52 bits per heavy atom. The maximum atomic E-state index is 12.7. The quantitative estimate of drug-likeness (QED) is 0.709. The van der Waals surface area contributed by atoms with Gasteiger partial charge in [-0.15, -0.1) is 0 Å². The Kier molecular flexibility index (Phi) is 6.56. The van der Waals surface area contributed by atoms with Gasteiger partial charge in [-0.25, -0.2) is 9.69 Å². The monoisotopic (exact) mass is 347 g/mol. The second kappa shape index (κ2) is 8.65. The van der Waals surface area contributed by atoms with Gasteiger partial charge in [-0.05, 0) is 23.8 Å². The Bertz CT molecular complexity index is 614. The Labute approximate surface area is 148 Å². The van der Waals surface area contributed by atoms with E-state index in [0.29, 0.717) is 6.42 Å². The van der Waals surface area contributed by atoms with E-state index in [0.717, 1.165) is 5.56 Å². The van der Waals surface area contributed by atoms with Crippen molar-refractivity contribution in [2.24, 2.45) is 11.8 Å². The van der Waals surface area contributed by atoms with Crippen LogP contribution in [-0.4, -0.2) is 42.6 Å². The molecule has 1 saturated heterocycles. The lowest BCUT2D eigenvalue weighted by atomic mass is 9.88. The molecular formula is C19H25NO5. The first-order valence-corrected chi connectivity index (χ1v) is 8.52. The van der Waals surface area contributed by atoms with E-state index in [9.17, 15) is 14.4 Å². The van der Waals surface area contributed by atoms with Crippen LogP contribution in [0, 0.1) is 11.8 Å². The van der Waals surface area contributed by atoms with Gasteiger partial charge in [-0.3, -0.25) is 9.59 Å². The number of esters is 1. The second-order valence-electron chi connectivity index (χ2n) is 6.67. The van der Waals surface area contributed by atoms with Gasteiger partial charge in [-0.2, -0.15) is 0 Å². The van der Waals surface area contributed by atoms with Crippen molar-refractivity contribution < 1.29 is 23.9 Å². The zero-order valence-corrected chi connectivity index (χ0v) is 14.9. The highest BCUT2D eigenvalue weighted by atomic mass is 16.6. The average Bonchev–Trinajstić information content (AvgIpc) is 2.95. The summed E-state index contributed by atoms with van der Waals surface area (Å²) in [5.41, 5.74) is 1.04. The van der Waals surface area contributed by atoms with Crippen LogP contribution in [0.5, 0.6) is 0 Å². The highest BCUT2D eigenvalue weighted by molar-refractivity contribution is 5.93. The zero-order valence-electron chi connectivity index (χ0n) is 14.9. The molecule has 0 bridgehead atoms. The van der Waals surface area contributed by atoms with Gasteiger partial charge in [0.15, 0.2) is 0 Å². The number of ether oxygens (including phenoxy) is 2. The van der Waals surface area contributed by atoms with E-state index >= 15 is 0 Å². The number of amides is 2. The number of imide groups is 1. The smallest absolute Gasteiger partial charge is 0.416 e. The van der Waals surface area contributed by atoms with E-state index in [4.69, 9.17) is 9.47 Å². The highest BCUT2D eigenvalue weighted by Gasteiger charge is 2.39. The molecule has 0 radical (unpaired) electrons. The number of carbonyl (C=O) groups is 3. The normalized spacial score (nSPS) is 18.2. The fraction of sp³-hybridized carbons (Fsp3) is 0.526. The zero-order chi connectivity index (χ0) is 18.4. The molecule has 2 amide bonds. The van der Waals surface area contributed by atoms with Crippen molar-refractivity contribution >= 4 is 18.0 Å². The lowest BCUT2D eigenvalue weighted by molar-refractivity contribution is -0.142.